The minimum atomic E-state index is 0.508. The summed E-state index contributed by atoms with van der Waals surface area (Å²) in [4.78, 5) is 0. The summed E-state index contributed by atoms with van der Waals surface area (Å²) in [6.07, 6.45) is 4.90. The van der Waals surface area contributed by atoms with Gasteiger partial charge in [0.2, 0.25) is 0 Å². The molecule has 0 aliphatic heterocycles. The number of hydrogen-bond donors (Lipinski definition) is 0. The molecule has 0 bridgehead atoms. The maximum Gasteiger partial charge on any atom is 0.133 e. The third-order valence-corrected chi connectivity index (χ3v) is 9.54. The highest BCUT2D eigenvalue weighted by Gasteiger charge is 2.37. The molecule has 4 atom stereocenters. The summed E-state index contributed by atoms with van der Waals surface area (Å²) in [6.45, 7) is 15.0. The van der Waals surface area contributed by atoms with Crippen LogP contribution in [0.15, 0.2) is 60.7 Å². The lowest BCUT2D eigenvalue weighted by molar-refractivity contribution is 0.348. The number of fused-ring (bicyclic) bond motifs is 2. The van der Waals surface area contributed by atoms with Crippen LogP contribution in [0, 0.1) is 11.8 Å². The molecule has 2 aromatic carbocycles. The monoisotopic (exact) mass is 520 g/mol. The summed E-state index contributed by atoms with van der Waals surface area (Å²) >= 11 is 0. The molecule has 204 valence electrons. The van der Waals surface area contributed by atoms with E-state index in [9.17, 15) is 0 Å². The van der Waals surface area contributed by atoms with Crippen LogP contribution >= 0.6 is 0 Å². The summed E-state index contributed by atoms with van der Waals surface area (Å²) in [7, 11) is 0. The molecule has 4 aromatic rings. The number of hydrogen-bond acceptors (Lipinski definition) is 2. The Morgan fingerprint density at radius 2 is 1.00 bits per heavy atom. The summed E-state index contributed by atoms with van der Waals surface area (Å²) in [5.41, 5.74) is 10.6. The molecular weight excluding hydrogens is 476 g/mol. The van der Waals surface area contributed by atoms with Crippen molar-refractivity contribution in [3.05, 3.63) is 83.2 Å². The van der Waals surface area contributed by atoms with E-state index in [2.05, 4.69) is 112 Å². The van der Waals surface area contributed by atoms with E-state index in [1.807, 2.05) is 0 Å². The Labute approximate surface area is 234 Å². The normalized spacial score (nSPS) is 22.8. The minimum Gasteiger partial charge on any atom is -0.247 e. The molecule has 0 saturated carbocycles. The molecule has 39 heavy (non-hydrogen) atoms. The van der Waals surface area contributed by atoms with Gasteiger partial charge in [0.15, 0.2) is 0 Å². The molecule has 4 heteroatoms. The molecular formula is C35H44N4. The van der Waals surface area contributed by atoms with Gasteiger partial charge in [-0.1, -0.05) is 102 Å². The lowest BCUT2D eigenvalue weighted by Crippen LogP contribution is -2.25. The summed E-state index contributed by atoms with van der Waals surface area (Å²) < 4.78 is 4.69. The molecule has 0 spiro atoms. The van der Waals surface area contributed by atoms with E-state index in [0.29, 0.717) is 42.2 Å². The average Bonchev–Trinajstić information content (AvgIpc) is 3.51. The highest BCUT2D eigenvalue weighted by atomic mass is 15.4. The molecule has 6 rings (SSSR count). The lowest BCUT2D eigenvalue weighted by atomic mass is 9.75. The van der Waals surface area contributed by atoms with Crippen LogP contribution in [0.1, 0.15) is 113 Å². The van der Waals surface area contributed by atoms with Crippen LogP contribution in [0.3, 0.4) is 0 Å². The molecule has 0 N–H and O–H groups in total. The van der Waals surface area contributed by atoms with Gasteiger partial charge in [-0.15, -0.1) is 0 Å². The van der Waals surface area contributed by atoms with Crippen molar-refractivity contribution in [1.29, 1.82) is 0 Å². The molecule has 0 unspecified atom stereocenters. The highest BCUT2D eigenvalue weighted by molar-refractivity contribution is 5.67. The van der Waals surface area contributed by atoms with Crippen molar-refractivity contribution in [2.75, 3.05) is 0 Å². The fourth-order valence-electron chi connectivity index (χ4n) is 7.41. The fourth-order valence-corrected chi connectivity index (χ4v) is 7.41. The second kappa shape index (κ2) is 10.4. The molecule has 0 radical (unpaired) electrons. The van der Waals surface area contributed by atoms with E-state index in [0.717, 1.165) is 0 Å². The van der Waals surface area contributed by atoms with Crippen molar-refractivity contribution in [3.63, 3.8) is 0 Å². The summed E-state index contributed by atoms with van der Waals surface area (Å²) in [6, 6.07) is 21.6. The van der Waals surface area contributed by atoms with Crippen molar-refractivity contribution < 1.29 is 0 Å². The van der Waals surface area contributed by atoms with Gasteiger partial charge in [-0.25, -0.2) is 9.36 Å². The molecule has 2 heterocycles. The summed E-state index contributed by atoms with van der Waals surface area (Å²) in [5.74, 6) is 3.19. The first-order valence-electron chi connectivity index (χ1n) is 15.2. The van der Waals surface area contributed by atoms with Crippen molar-refractivity contribution >= 4 is 0 Å². The van der Waals surface area contributed by atoms with Gasteiger partial charge in [-0.05, 0) is 49.4 Å². The van der Waals surface area contributed by atoms with Gasteiger partial charge in [-0.2, -0.15) is 10.2 Å². The van der Waals surface area contributed by atoms with Crippen molar-refractivity contribution in [2.24, 2.45) is 11.8 Å². The Morgan fingerprint density at radius 3 is 1.36 bits per heavy atom. The van der Waals surface area contributed by atoms with Crippen LogP contribution in [0.5, 0.6) is 0 Å². The van der Waals surface area contributed by atoms with Gasteiger partial charge in [0.05, 0.1) is 11.4 Å². The van der Waals surface area contributed by atoms with Gasteiger partial charge in [0, 0.05) is 45.5 Å². The standard InChI is InChI=1S/C35H44N4/c1-22(2)28-19-17-24(5)30-32(26-13-9-7-10-14-26)36-38(34(28)30)21-39-35-29(23(3)4)20-18-25(6)31(35)33(37-39)27-15-11-8-12-16-27/h7-16,22-25,28-29H,17-21H2,1-6H3/t24-,25+,28-,29-/m1/s1. The molecule has 0 saturated heterocycles. The Bertz CT molecular complexity index is 1320. The number of aromatic nitrogens is 4. The van der Waals surface area contributed by atoms with Gasteiger partial charge in [0.25, 0.3) is 0 Å². The van der Waals surface area contributed by atoms with Crippen LogP contribution in [0.25, 0.3) is 22.5 Å². The van der Waals surface area contributed by atoms with Crippen molar-refractivity contribution in [3.8, 4) is 22.5 Å². The predicted octanol–water partition coefficient (Wildman–Crippen LogP) is 9.19. The SMILES string of the molecule is CC(C)[C@H]1CC[C@@H](C)c2c(-c3ccccc3)nn(Cn3nc(-c4ccccc4)c4c3[C@@H](C(C)C)CC[C@@H]4C)c21. The van der Waals surface area contributed by atoms with E-state index >= 15 is 0 Å². The third-order valence-electron chi connectivity index (χ3n) is 9.54. The second-order valence-electron chi connectivity index (χ2n) is 12.8. The Hall–Kier alpha value is -3.14. The average molecular weight is 521 g/mol. The van der Waals surface area contributed by atoms with Gasteiger partial charge < -0.3 is 0 Å². The molecule has 2 aliphatic carbocycles. The van der Waals surface area contributed by atoms with Crippen molar-refractivity contribution in [1.82, 2.24) is 19.6 Å². The third kappa shape index (κ3) is 4.56. The second-order valence-corrected chi connectivity index (χ2v) is 12.8. The molecule has 0 fully saturated rings. The predicted molar refractivity (Wildman–Crippen MR) is 161 cm³/mol. The van der Waals surface area contributed by atoms with Gasteiger partial charge in [0.1, 0.15) is 6.67 Å². The Kier molecular flexibility index (Phi) is 6.99. The largest absolute Gasteiger partial charge is 0.247 e. The highest BCUT2D eigenvalue weighted by Crippen LogP contribution is 2.48. The molecule has 2 aromatic heterocycles. The maximum absolute atomic E-state index is 5.42. The van der Waals surface area contributed by atoms with Gasteiger partial charge >= 0.3 is 0 Å². The zero-order chi connectivity index (χ0) is 27.3. The Balaban J connectivity index is 1.55. The fraction of sp³-hybridized carbons (Fsp3) is 0.486. The number of nitrogens with zero attached hydrogens (tertiary/aromatic N) is 4. The van der Waals surface area contributed by atoms with E-state index in [4.69, 9.17) is 10.2 Å². The maximum atomic E-state index is 5.42. The van der Waals surface area contributed by atoms with Crippen LogP contribution in [0.2, 0.25) is 0 Å². The molecule has 2 aliphatic rings. The van der Waals surface area contributed by atoms with Crippen molar-refractivity contribution in [2.45, 2.75) is 97.6 Å². The van der Waals surface area contributed by atoms with Crippen LogP contribution in [0.4, 0.5) is 0 Å². The number of benzene rings is 2. The smallest absolute Gasteiger partial charge is 0.133 e. The zero-order valence-electron chi connectivity index (χ0n) is 24.6. The Morgan fingerprint density at radius 1 is 0.615 bits per heavy atom. The molecule has 0 amide bonds. The topological polar surface area (TPSA) is 35.6 Å². The zero-order valence-corrected chi connectivity index (χ0v) is 24.6. The van der Waals surface area contributed by atoms with E-state index in [-0.39, 0.29) is 0 Å². The van der Waals surface area contributed by atoms with E-state index in [1.165, 1.54) is 70.7 Å². The minimum absolute atomic E-state index is 0.508. The first-order valence-corrected chi connectivity index (χ1v) is 15.2. The van der Waals surface area contributed by atoms with E-state index < -0.39 is 0 Å². The molecule has 4 nitrogen and oxygen atoms in total. The van der Waals surface area contributed by atoms with Crippen LogP contribution in [-0.4, -0.2) is 19.6 Å². The summed E-state index contributed by atoms with van der Waals surface area (Å²) in [5, 5.41) is 10.8. The van der Waals surface area contributed by atoms with E-state index in [1.54, 1.807) is 0 Å². The lowest BCUT2D eigenvalue weighted by Gasteiger charge is -2.32. The first-order chi connectivity index (χ1) is 18.8. The first kappa shape index (κ1) is 26.1. The quantitative estimate of drug-likeness (QED) is 0.254. The van der Waals surface area contributed by atoms with Crippen LogP contribution < -0.4 is 0 Å². The van der Waals surface area contributed by atoms with Crippen LogP contribution in [-0.2, 0) is 6.67 Å². The van der Waals surface area contributed by atoms with Gasteiger partial charge in [-0.3, -0.25) is 0 Å². The number of rotatable bonds is 6.